The number of likely N-dealkylation sites (tertiary alicyclic amines) is 1. The number of rotatable bonds is 2. The van der Waals surface area contributed by atoms with Crippen molar-refractivity contribution >= 4 is 18.4 Å². The second-order valence-electron chi connectivity index (χ2n) is 4.42. The van der Waals surface area contributed by atoms with Gasteiger partial charge in [-0.2, -0.15) is 0 Å². The van der Waals surface area contributed by atoms with E-state index in [9.17, 15) is 9.18 Å². The zero-order chi connectivity index (χ0) is 12.3. The van der Waals surface area contributed by atoms with Crippen LogP contribution in [0.2, 0.25) is 0 Å². The summed E-state index contributed by atoms with van der Waals surface area (Å²) in [7, 11) is 2.05. The molecule has 0 unspecified atom stereocenters. The molecule has 0 bridgehead atoms. The lowest BCUT2D eigenvalue weighted by Gasteiger charge is -2.28. The highest BCUT2D eigenvalue weighted by atomic mass is 35.5. The Labute approximate surface area is 112 Å². The van der Waals surface area contributed by atoms with Crippen LogP contribution in [-0.2, 0) is 4.74 Å². The molecule has 0 amide bonds. The van der Waals surface area contributed by atoms with E-state index >= 15 is 0 Å². The summed E-state index contributed by atoms with van der Waals surface area (Å²) in [4.78, 5) is 13.9. The van der Waals surface area contributed by atoms with Crippen LogP contribution in [0, 0.1) is 5.82 Å². The second-order valence-corrected chi connectivity index (χ2v) is 4.42. The quantitative estimate of drug-likeness (QED) is 0.776. The van der Waals surface area contributed by atoms with Gasteiger partial charge in [0, 0.05) is 13.1 Å². The summed E-state index contributed by atoms with van der Waals surface area (Å²) in [5.41, 5.74) is 0.281. The van der Waals surface area contributed by atoms with Gasteiger partial charge in [0.15, 0.2) is 0 Å². The van der Waals surface area contributed by atoms with E-state index in [1.54, 1.807) is 6.07 Å². The molecule has 0 N–H and O–H groups in total. The van der Waals surface area contributed by atoms with Gasteiger partial charge in [-0.05, 0) is 38.1 Å². The fourth-order valence-electron chi connectivity index (χ4n) is 1.94. The maximum Gasteiger partial charge on any atom is 0.338 e. The molecule has 1 heterocycles. The molecule has 0 atom stereocenters. The number of hydrogen-bond donors (Lipinski definition) is 0. The van der Waals surface area contributed by atoms with Gasteiger partial charge in [0.05, 0.1) is 5.56 Å². The van der Waals surface area contributed by atoms with Gasteiger partial charge in [-0.15, -0.1) is 12.4 Å². The summed E-state index contributed by atoms with van der Waals surface area (Å²) in [6.07, 6.45) is 1.65. The third-order valence-electron chi connectivity index (χ3n) is 3.00. The van der Waals surface area contributed by atoms with Gasteiger partial charge in [-0.1, -0.05) is 6.07 Å². The number of carbonyl (C=O) groups is 1. The van der Waals surface area contributed by atoms with Gasteiger partial charge in [0.2, 0.25) is 0 Å². The summed E-state index contributed by atoms with van der Waals surface area (Å²) in [6, 6.07) is 5.60. The maximum atomic E-state index is 12.9. The molecule has 0 aliphatic carbocycles. The van der Waals surface area contributed by atoms with Gasteiger partial charge in [-0.3, -0.25) is 0 Å². The molecule has 1 aromatic carbocycles. The van der Waals surface area contributed by atoms with Crippen molar-refractivity contribution in [3.63, 3.8) is 0 Å². The van der Waals surface area contributed by atoms with E-state index in [1.165, 1.54) is 18.2 Å². The number of piperidine rings is 1. The van der Waals surface area contributed by atoms with Gasteiger partial charge in [-0.25, -0.2) is 9.18 Å². The molecule has 3 nitrogen and oxygen atoms in total. The third kappa shape index (κ3) is 3.96. The molecule has 1 fully saturated rings. The summed E-state index contributed by atoms with van der Waals surface area (Å²) < 4.78 is 18.3. The first kappa shape index (κ1) is 14.9. The standard InChI is InChI=1S/C13H16FNO2.ClH/c1-15-7-5-12(6-8-15)17-13(16)10-3-2-4-11(14)9-10;/h2-4,9,12H,5-8H2,1H3;1H. The Morgan fingerprint density at radius 1 is 1.39 bits per heavy atom. The van der Waals surface area contributed by atoms with Crippen LogP contribution >= 0.6 is 12.4 Å². The average Bonchev–Trinajstić information content (AvgIpc) is 2.32. The van der Waals surface area contributed by atoms with Crippen molar-refractivity contribution < 1.29 is 13.9 Å². The number of hydrogen-bond acceptors (Lipinski definition) is 3. The molecule has 1 aliphatic rings. The van der Waals surface area contributed by atoms with Crippen LogP contribution in [-0.4, -0.2) is 37.1 Å². The largest absolute Gasteiger partial charge is 0.459 e. The Morgan fingerprint density at radius 2 is 2.06 bits per heavy atom. The Morgan fingerprint density at radius 3 is 2.67 bits per heavy atom. The zero-order valence-electron chi connectivity index (χ0n) is 10.3. The topological polar surface area (TPSA) is 29.5 Å². The first-order valence-corrected chi connectivity index (χ1v) is 5.80. The minimum atomic E-state index is -0.431. The molecule has 5 heteroatoms. The Hall–Kier alpha value is -1.13. The van der Waals surface area contributed by atoms with Crippen molar-refractivity contribution in [2.75, 3.05) is 20.1 Å². The van der Waals surface area contributed by atoms with E-state index in [4.69, 9.17) is 4.74 Å². The Kier molecular flexibility index (Phi) is 5.56. The molecule has 1 aromatic rings. The molecule has 1 aliphatic heterocycles. The van der Waals surface area contributed by atoms with Gasteiger partial charge >= 0.3 is 5.97 Å². The molecule has 18 heavy (non-hydrogen) atoms. The number of halogens is 2. The van der Waals surface area contributed by atoms with E-state index < -0.39 is 11.8 Å². The number of ether oxygens (including phenoxy) is 1. The number of benzene rings is 1. The summed E-state index contributed by atoms with van der Waals surface area (Å²) >= 11 is 0. The van der Waals surface area contributed by atoms with Crippen molar-refractivity contribution in [1.29, 1.82) is 0 Å². The van der Waals surface area contributed by atoms with Crippen LogP contribution in [0.25, 0.3) is 0 Å². The Balaban J connectivity index is 0.00000162. The number of carbonyl (C=O) groups excluding carboxylic acids is 1. The highest BCUT2D eigenvalue weighted by molar-refractivity contribution is 5.89. The van der Waals surface area contributed by atoms with Crippen molar-refractivity contribution in [1.82, 2.24) is 4.90 Å². The van der Waals surface area contributed by atoms with Gasteiger partial charge in [0.25, 0.3) is 0 Å². The monoisotopic (exact) mass is 273 g/mol. The van der Waals surface area contributed by atoms with Crippen molar-refractivity contribution in [2.24, 2.45) is 0 Å². The number of esters is 1. The van der Waals surface area contributed by atoms with Crippen LogP contribution in [0.3, 0.4) is 0 Å². The van der Waals surface area contributed by atoms with Gasteiger partial charge < -0.3 is 9.64 Å². The molecule has 100 valence electrons. The predicted octanol–water partition coefficient (Wildman–Crippen LogP) is 2.50. The highest BCUT2D eigenvalue weighted by Crippen LogP contribution is 2.15. The Bertz CT molecular complexity index is 406. The van der Waals surface area contributed by atoms with Crippen molar-refractivity contribution in [3.8, 4) is 0 Å². The lowest BCUT2D eigenvalue weighted by Crippen LogP contribution is -2.35. The van der Waals surface area contributed by atoms with Crippen LogP contribution in [0.4, 0.5) is 4.39 Å². The van der Waals surface area contributed by atoms with Crippen LogP contribution in [0.15, 0.2) is 24.3 Å². The van der Waals surface area contributed by atoms with E-state index in [1.807, 2.05) is 7.05 Å². The van der Waals surface area contributed by atoms with E-state index in [2.05, 4.69) is 4.90 Å². The SMILES string of the molecule is CN1CCC(OC(=O)c2cccc(F)c2)CC1.Cl. The minimum absolute atomic E-state index is 0. The summed E-state index contributed by atoms with van der Waals surface area (Å²) in [5.74, 6) is -0.845. The predicted molar refractivity (Wildman–Crippen MR) is 69.6 cm³/mol. The first-order chi connectivity index (χ1) is 8.15. The summed E-state index contributed by atoms with van der Waals surface area (Å²) in [6.45, 7) is 1.86. The molecular weight excluding hydrogens is 257 g/mol. The molecule has 1 saturated heterocycles. The smallest absolute Gasteiger partial charge is 0.338 e. The van der Waals surface area contributed by atoms with E-state index in [-0.39, 0.29) is 24.1 Å². The van der Waals surface area contributed by atoms with Crippen LogP contribution in [0.5, 0.6) is 0 Å². The van der Waals surface area contributed by atoms with Crippen LogP contribution in [0.1, 0.15) is 23.2 Å². The maximum absolute atomic E-state index is 12.9. The van der Waals surface area contributed by atoms with Crippen molar-refractivity contribution in [2.45, 2.75) is 18.9 Å². The van der Waals surface area contributed by atoms with E-state index in [0.29, 0.717) is 0 Å². The molecule has 0 spiro atoms. The fraction of sp³-hybridized carbons (Fsp3) is 0.462. The van der Waals surface area contributed by atoms with Gasteiger partial charge in [0.1, 0.15) is 11.9 Å². The lowest BCUT2D eigenvalue weighted by atomic mass is 10.1. The lowest BCUT2D eigenvalue weighted by molar-refractivity contribution is 0.0139. The average molecular weight is 274 g/mol. The fourth-order valence-corrected chi connectivity index (χ4v) is 1.94. The molecule has 0 saturated carbocycles. The van der Waals surface area contributed by atoms with E-state index in [0.717, 1.165) is 25.9 Å². The zero-order valence-corrected chi connectivity index (χ0v) is 11.1. The normalized spacial score (nSPS) is 17.0. The molecule has 2 rings (SSSR count). The minimum Gasteiger partial charge on any atom is -0.459 e. The van der Waals surface area contributed by atoms with Crippen molar-refractivity contribution in [3.05, 3.63) is 35.6 Å². The highest BCUT2D eigenvalue weighted by Gasteiger charge is 2.21. The molecule has 0 aromatic heterocycles. The number of nitrogens with zero attached hydrogens (tertiary/aromatic N) is 1. The van der Waals surface area contributed by atoms with Crippen LogP contribution < -0.4 is 0 Å². The second kappa shape index (κ2) is 6.71. The molecular formula is C13H17ClFNO2. The third-order valence-corrected chi connectivity index (χ3v) is 3.00. The first-order valence-electron chi connectivity index (χ1n) is 5.80. The molecule has 0 radical (unpaired) electrons. The summed E-state index contributed by atoms with van der Waals surface area (Å²) in [5, 5.41) is 0.